The normalized spacial score (nSPS) is 39.8. The van der Waals surface area contributed by atoms with Gasteiger partial charge in [0.1, 0.15) is 6.10 Å². The Morgan fingerprint density at radius 1 is 1.13 bits per heavy atom. The van der Waals surface area contributed by atoms with Crippen LogP contribution in [0.3, 0.4) is 0 Å². The summed E-state index contributed by atoms with van der Waals surface area (Å²) in [5.74, 6) is 1.08. The molecule has 0 aromatic rings. The van der Waals surface area contributed by atoms with Crippen molar-refractivity contribution in [3.63, 3.8) is 0 Å². The average molecular weight is 423 g/mol. The summed E-state index contributed by atoms with van der Waals surface area (Å²) < 4.78 is 6.17. The largest absolute Gasteiger partial charge is 0.390 e. The predicted octanol–water partition coefficient (Wildman–Crippen LogP) is 3.50. The second-order valence-electron chi connectivity index (χ2n) is 10.8. The minimum Gasteiger partial charge on any atom is -0.390 e. The number of hydrogen-bond donors (Lipinski definition) is 4. The van der Waals surface area contributed by atoms with E-state index in [-0.39, 0.29) is 11.5 Å². The van der Waals surface area contributed by atoms with E-state index in [9.17, 15) is 20.4 Å². The molecule has 3 unspecified atom stereocenters. The third-order valence-corrected chi connectivity index (χ3v) is 7.96. The second-order valence-corrected chi connectivity index (χ2v) is 10.8. The van der Waals surface area contributed by atoms with Crippen LogP contribution in [0, 0.1) is 17.3 Å². The van der Waals surface area contributed by atoms with E-state index in [2.05, 4.69) is 26.0 Å². The quantitative estimate of drug-likeness (QED) is 0.526. The molecule has 3 aliphatic carbocycles. The summed E-state index contributed by atoms with van der Waals surface area (Å²) in [5, 5.41) is 39.6. The second kappa shape index (κ2) is 9.41. The number of fused-ring (bicyclic) bond motifs is 1. The molecule has 0 aromatic heterocycles. The monoisotopic (exact) mass is 422 g/mol. The molecule has 3 saturated carbocycles. The van der Waals surface area contributed by atoms with Crippen molar-refractivity contribution in [3.05, 3.63) is 23.3 Å². The highest BCUT2D eigenvalue weighted by Gasteiger charge is 2.51. The van der Waals surface area contributed by atoms with E-state index in [4.69, 9.17) is 4.74 Å². The number of aliphatic hydroxyl groups excluding tert-OH is 3. The van der Waals surface area contributed by atoms with Crippen LogP contribution < -0.4 is 0 Å². The zero-order valence-electron chi connectivity index (χ0n) is 19.2. The molecule has 3 rings (SSSR count). The maximum absolute atomic E-state index is 9.96. The highest BCUT2D eigenvalue weighted by Crippen LogP contribution is 2.58. The smallest absolute Gasteiger partial charge is 0.106 e. The lowest BCUT2D eigenvalue weighted by molar-refractivity contribution is -0.0713. The first kappa shape index (κ1) is 23.9. The summed E-state index contributed by atoms with van der Waals surface area (Å²) in [7, 11) is 0. The Bertz CT molecular complexity index is 634. The zero-order valence-corrected chi connectivity index (χ0v) is 19.2. The molecule has 0 saturated heterocycles. The number of aliphatic hydroxyl groups is 4. The fraction of sp³-hybridized carbons (Fsp3) is 0.840. The Balaban J connectivity index is 1.67. The van der Waals surface area contributed by atoms with Gasteiger partial charge in [-0.3, -0.25) is 0 Å². The van der Waals surface area contributed by atoms with Crippen LogP contribution in [-0.2, 0) is 4.74 Å². The molecule has 4 N–H and O–H groups in total. The molecule has 0 aliphatic heterocycles. The average Bonchev–Trinajstić information content (AvgIpc) is 3.00. The minimum atomic E-state index is -1.04. The molecule has 0 spiro atoms. The summed E-state index contributed by atoms with van der Waals surface area (Å²) in [6.07, 6.45) is 9.06. The van der Waals surface area contributed by atoms with Crippen molar-refractivity contribution in [1.82, 2.24) is 0 Å². The molecule has 5 heteroatoms. The topological polar surface area (TPSA) is 90.2 Å². The van der Waals surface area contributed by atoms with Gasteiger partial charge in [-0.05, 0) is 89.4 Å². The van der Waals surface area contributed by atoms with Crippen LogP contribution in [0.25, 0.3) is 0 Å². The van der Waals surface area contributed by atoms with Crippen molar-refractivity contribution in [2.24, 2.45) is 17.3 Å². The van der Waals surface area contributed by atoms with Gasteiger partial charge < -0.3 is 25.2 Å². The van der Waals surface area contributed by atoms with E-state index >= 15 is 0 Å². The van der Waals surface area contributed by atoms with Gasteiger partial charge in [0.15, 0.2) is 0 Å². The lowest BCUT2D eigenvalue weighted by atomic mass is 9.62. The van der Waals surface area contributed by atoms with E-state index in [1.54, 1.807) is 0 Å². The summed E-state index contributed by atoms with van der Waals surface area (Å²) in [6.45, 7) is 8.86. The lowest BCUT2D eigenvalue weighted by Gasteiger charge is -2.44. The van der Waals surface area contributed by atoms with Crippen LogP contribution in [0.15, 0.2) is 23.3 Å². The fourth-order valence-corrected chi connectivity index (χ4v) is 6.14. The summed E-state index contributed by atoms with van der Waals surface area (Å²) >= 11 is 0. The van der Waals surface area contributed by atoms with Crippen LogP contribution in [0.2, 0.25) is 0 Å². The van der Waals surface area contributed by atoms with Crippen molar-refractivity contribution < 1.29 is 25.2 Å². The van der Waals surface area contributed by atoms with Gasteiger partial charge in [0.2, 0.25) is 0 Å². The minimum absolute atomic E-state index is 0.185. The third-order valence-electron chi connectivity index (χ3n) is 7.96. The summed E-state index contributed by atoms with van der Waals surface area (Å²) in [6, 6.07) is 0. The number of allylic oxidation sites excluding steroid dienone is 3. The van der Waals surface area contributed by atoms with E-state index in [1.165, 1.54) is 31.3 Å². The molecule has 6 atom stereocenters. The molecule has 3 fully saturated rings. The molecule has 0 radical (unpaired) electrons. The van der Waals surface area contributed by atoms with E-state index in [0.29, 0.717) is 37.7 Å². The van der Waals surface area contributed by atoms with Gasteiger partial charge in [-0.1, -0.05) is 30.2 Å². The molecule has 0 aromatic carbocycles. The Labute approximate surface area is 181 Å². The molecule has 0 bridgehead atoms. The Hall–Kier alpha value is -0.720. The Kier molecular flexibility index (Phi) is 7.51. The third kappa shape index (κ3) is 5.36. The maximum atomic E-state index is 9.96. The van der Waals surface area contributed by atoms with Crippen LogP contribution in [0.4, 0.5) is 0 Å². The Morgan fingerprint density at radius 2 is 1.80 bits per heavy atom. The molecule has 172 valence electrons. The molecule has 0 heterocycles. The van der Waals surface area contributed by atoms with Gasteiger partial charge in [0.05, 0.1) is 23.9 Å². The molecule has 3 aliphatic rings. The van der Waals surface area contributed by atoms with Crippen molar-refractivity contribution in [3.8, 4) is 0 Å². The first-order chi connectivity index (χ1) is 14.0. The molecular weight excluding hydrogens is 380 g/mol. The van der Waals surface area contributed by atoms with Crippen LogP contribution in [0.5, 0.6) is 0 Å². The molecule has 0 amide bonds. The lowest BCUT2D eigenvalue weighted by Crippen LogP contribution is -2.41. The van der Waals surface area contributed by atoms with E-state index < -0.39 is 23.9 Å². The van der Waals surface area contributed by atoms with Gasteiger partial charge in [0, 0.05) is 6.61 Å². The number of rotatable bonds is 6. The highest BCUT2D eigenvalue weighted by atomic mass is 16.5. The van der Waals surface area contributed by atoms with E-state index in [0.717, 1.165) is 12.0 Å². The van der Waals surface area contributed by atoms with Crippen LogP contribution in [-0.4, -0.2) is 57.0 Å². The number of ether oxygens (including phenoxy) is 1. The standard InChI is InChI=1S/C25H42O5/c1-16(30-13-12-24(2,3)29)19-9-10-20-18(6-5-11-25(19,20)4)8-7-17-14-21(26)23(28)22(27)15-17/h7-8,16,19-23,26-29H,5-6,9-15H2,1-4H3/b17-7?,18-8+/t16-,19?,20?,21-,22-,23?,25?/m1/s1. The molecular formula is C25H42O5. The van der Waals surface area contributed by atoms with Crippen molar-refractivity contribution in [1.29, 1.82) is 0 Å². The van der Waals surface area contributed by atoms with Crippen molar-refractivity contribution in [2.45, 2.75) is 109 Å². The van der Waals surface area contributed by atoms with Crippen molar-refractivity contribution in [2.75, 3.05) is 6.61 Å². The van der Waals surface area contributed by atoms with Crippen LogP contribution in [0.1, 0.15) is 79.1 Å². The van der Waals surface area contributed by atoms with Gasteiger partial charge in [0.25, 0.3) is 0 Å². The van der Waals surface area contributed by atoms with Crippen LogP contribution >= 0.6 is 0 Å². The van der Waals surface area contributed by atoms with Gasteiger partial charge in [-0.15, -0.1) is 0 Å². The van der Waals surface area contributed by atoms with Gasteiger partial charge in [-0.2, -0.15) is 0 Å². The molecule has 5 nitrogen and oxygen atoms in total. The first-order valence-electron chi connectivity index (χ1n) is 11.8. The SMILES string of the molecule is C[C@@H](OCCC(C)(C)O)C1CCC2/C(=C/C=C3C[C@@H](O)C(O)[C@H](O)C3)CCCC21C. The maximum Gasteiger partial charge on any atom is 0.106 e. The first-order valence-corrected chi connectivity index (χ1v) is 11.8. The Morgan fingerprint density at radius 3 is 2.43 bits per heavy atom. The van der Waals surface area contributed by atoms with Crippen molar-refractivity contribution >= 4 is 0 Å². The highest BCUT2D eigenvalue weighted by molar-refractivity contribution is 5.26. The fourth-order valence-electron chi connectivity index (χ4n) is 6.14. The van der Waals surface area contributed by atoms with E-state index in [1.807, 2.05) is 13.8 Å². The summed E-state index contributed by atoms with van der Waals surface area (Å²) in [5.41, 5.74) is 2.04. The number of hydrogen-bond acceptors (Lipinski definition) is 5. The van der Waals surface area contributed by atoms with Gasteiger partial charge >= 0.3 is 0 Å². The summed E-state index contributed by atoms with van der Waals surface area (Å²) in [4.78, 5) is 0. The van der Waals surface area contributed by atoms with Gasteiger partial charge in [-0.25, -0.2) is 0 Å². The molecule has 30 heavy (non-hydrogen) atoms. The zero-order chi connectivity index (χ0) is 22.1. The predicted molar refractivity (Wildman–Crippen MR) is 118 cm³/mol.